The summed E-state index contributed by atoms with van der Waals surface area (Å²) >= 11 is 0. The van der Waals surface area contributed by atoms with Gasteiger partial charge in [-0.2, -0.15) is 0 Å². The lowest BCUT2D eigenvalue weighted by Crippen LogP contribution is -2.51. The summed E-state index contributed by atoms with van der Waals surface area (Å²) in [7, 11) is 0. The molecule has 2 aliphatic heterocycles. The van der Waals surface area contributed by atoms with Gasteiger partial charge in [-0.1, -0.05) is 18.2 Å². The fourth-order valence-electron chi connectivity index (χ4n) is 3.21. The normalized spacial score (nSPS) is 24.5. The summed E-state index contributed by atoms with van der Waals surface area (Å²) < 4.78 is 0. The van der Waals surface area contributed by atoms with Crippen LogP contribution in [0.1, 0.15) is 31.4 Å². The second kappa shape index (κ2) is 4.85. The summed E-state index contributed by atoms with van der Waals surface area (Å²) in [5.41, 5.74) is 2.08. The molecular weight excluding hydrogens is 240 g/mol. The molecule has 1 amide bonds. The van der Waals surface area contributed by atoms with Crippen LogP contribution < -0.4 is 4.90 Å². The van der Waals surface area contributed by atoms with E-state index in [-0.39, 0.29) is 0 Å². The van der Waals surface area contributed by atoms with Crippen LogP contribution in [0.2, 0.25) is 0 Å². The Morgan fingerprint density at radius 2 is 2.11 bits per heavy atom. The lowest BCUT2D eigenvalue weighted by molar-refractivity contribution is -0.129. The summed E-state index contributed by atoms with van der Waals surface area (Å²) in [6.45, 7) is 4.34. The quantitative estimate of drug-likeness (QED) is 0.877. The van der Waals surface area contributed by atoms with E-state index in [4.69, 9.17) is 0 Å². The molecule has 0 radical (unpaired) electrons. The highest BCUT2D eigenvalue weighted by Gasteiger charge is 2.35. The minimum atomic E-state index is -0.459. The Morgan fingerprint density at radius 1 is 1.32 bits per heavy atom. The molecule has 102 valence electrons. The van der Waals surface area contributed by atoms with Crippen molar-refractivity contribution in [1.29, 1.82) is 0 Å². The zero-order valence-corrected chi connectivity index (χ0v) is 11.2. The van der Waals surface area contributed by atoms with Crippen molar-refractivity contribution in [3.05, 3.63) is 29.8 Å². The summed E-state index contributed by atoms with van der Waals surface area (Å²) in [5.74, 6) is 0.300. The summed E-state index contributed by atoms with van der Waals surface area (Å²) in [5, 5.41) is 9.87. The van der Waals surface area contributed by atoms with E-state index in [1.807, 2.05) is 23.1 Å². The van der Waals surface area contributed by atoms with Crippen LogP contribution in [0.4, 0.5) is 5.69 Å². The second-order valence-corrected chi connectivity index (χ2v) is 5.46. The lowest BCUT2D eigenvalue weighted by atomic mass is 10.1. The maximum atomic E-state index is 11.7. The zero-order chi connectivity index (χ0) is 13.4. The summed E-state index contributed by atoms with van der Waals surface area (Å²) in [6.07, 6.45) is 1.20. The number of para-hydroxylation sites is 1. The largest absolute Gasteiger partial charge is 0.389 e. The van der Waals surface area contributed by atoms with Crippen LogP contribution in [0.25, 0.3) is 0 Å². The Hall–Kier alpha value is -1.55. The molecule has 3 rings (SSSR count). The molecule has 1 aromatic rings. The molecule has 2 fully saturated rings. The highest BCUT2D eigenvalue weighted by molar-refractivity contribution is 5.79. The van der Waals surface area contributed by atoms with Crippen LogP contribution in [0.5, 0.6) is 0 Å². The van der Waals surface area contributed by atoms with E-state index in [2.05, 4.69) is 11.0 Å². The molecule has 2 heterocycles. The number of hydrogen-bond acceptors (Lipinski definition) is 3. The van der Waals surface area contributed by atoms with Crippen LogP contribution in [0, 0.1) is 0 Å². The first-order chi connectivity index (χ1) is 9.16. The van der Waals surface area contributed by atoms with Crippen LogP contribution in [-0.4, -0.2) is 41.6 Å². The van der Waals surface area contributed by atoms with E-state index in [9.17, 15) is 9.90 Å². The van der Waals surface area contributed by atoms with Gasteiger partial charge in [0.15, 0.2) is 0 Å². The minimum absolute atomic E-state index is 0.300. The number of piperazine rings is 1. The molecular formula is C15H20N2O2. The monoisotopic (exact) mass is 260 g/mol. The highest BCUT2D eigenvalue weighted by atomic mass is 16.3. The Labute approximate surface area is 113 Å². The number of nitrogens with zero attached hydrogens (tertiary/aromatic N) is 2. The number of carbonyl (C=O) groups excluding carboxylic acids is 1. The molecule has 0 spiro atoms. The molecule has 0 aliphatic carbocycles. The van der Waals surface area contributed by atoms with Crippen molar-refractivity contribution in [2.75, 3.05) is 24.5 Å². The van der Waals surface area contributed by atoms with Gasteiger partial charge in [-0.25, -0.2) is 0 Å². The number of hydrogen-bond donors (Lipinski definition) is 1. The van der Waals surface area contributed by atoms with E-state index < -0.39 is 6.10 Å². The lowest BCUT2D eigenvalue weighted by Gasteiger charge is -2.39. The molecule has 2 saturated heterocycles. The first-order valence-electron chi connectivity index (χ1n) is 6.98. The molecule has 0 saturated carbocycles. The van der Waals surface area contributed by atoms with Gasteiger partial charge in [0.25, 0.3) is 0 Å². The Bertz CT molecular complexity index is 487. The number of fused-ring (bicyclic) bond motifs is 1. The number of amides is 1. The average Bonchev–Trinajstić information content (AvgIpc) is 2.80. The van der Waals surface area contributed by atoms with Gasteiger partial charge in [-0.05, 0) is 19.4 Å². The van der Waals surface area contributed by atoms with Gasteiger partial charge < -0.3 is 14.9 Å². The summed E-state index contributed by atoms with van der Waals surface area (Å²) in [6, 6.07) is 8.36. The van der Waals surface area contributed by atoms with Crippen molar-refractivity contribution in [1.82, 2.24) is 4.90 Å². The van der Waals surface area contributed by atoms with Gasteiger partial charge in [0, 0.05) is 43.3 Å². The third kappa shape index (κ3) is 2.21. The molecule has 4 heteroatoms. The van der Waals surface area contributed by atoms with Crippen molar-refractivity contribution in [3.63, 3.8) is 0 Å². The van der Waals surface area contributed by atoms with Gasteiger partial charge in [0.2, 0.25) is 5.91 Å². The highest BCUT2D eigenvalue weighted by Crippen LogP contribution is 2.30. The standard InChI is InChI=1S/C15H20N2O2/c1-11(18)13-4-2-3-5-14(13)16-8-9-17-12(10-16)6-7-15(17)19/h2-5,11-12,18H,6-10H2,1H3/t11-,12?/m1/s1. The number of aliphatic hydroxyl groups excluding tert-OH is 1. The van der Waals surface area contributed by atoms with Crippen molar-refractivity contribution < 1.29 is 9.90 Å². The van der Waals surface area contributed by atoms with Gasteiger partial charge in [-0.3, -0.25) is 4.79 Å². The van der Waals surface area contributed by atoms with Crippen LogP contribution in [-0.2, 0) is 4.79 Å². The maximum absolute atomic E-state index is 11.7. The van der Waals surface area contributed by atoms with Crippen molar-refractivity contribution in [3.8, 4) is 0 Å². The number of aliphatic hydroxyl groups is 1. The predicted molar refractivity (Wildman–Crippen MR) is 74.0 cm³/mol. The third-order valence-corrected chi connectivity index (χ3v) is 4.22. The smallest absolute Gasteiger partial charge is 0.223 e. The zero-order valence-electron chi connectivity index (χ0n) is 11.2. The first-order valence-corrected chi connectivity index (χ1v) is 6.98. The molecule has 2 aliphatic rings. The van der Waals surface area contributed by atoms with Gasteiger partial charge >= 0.3 is 0 Å². The number of anilines is 1. The fourth-order valence-corrected chi connectivity index (χ4v) is 3.21. The molecule has 2 atom stereocenters. The van der Waals surface area contributed by atoms with Gasteiger partial charge in [0.05, 0.1) is 6.10 Å². The third-order valence-electron chi connectivity index (χ3n) is 4.22. The topological polar surface area (TPSA) is 43.8 Å². The number of rotatable bonds is 2. The maximum Gasteiger partial charge on any atom is 0.223 e. The number of benzene rings is 1. The molecule has 1 aromatic carbocycles. The molecule has 4 nitrogen and oxygen atoms in total. The Morgan fingerprint density at radius 3 is 2.89 bits per heavy atom. The average molecular weight is 260 g/mol. The summed E-state index contributed by atoms with van der Waals surface area (Å²) in [4.78, 5) is 16.0. The Kier molecular flexibility index (Phi) is 3.19. The van der Waals surface area contributed by atoms with E-state index in [1.165, 1.54) is 0 Å². The van der Waals surface area contributed by atoms with Crippen LogP contribution >= 0.6 is 0 Å². The first kappa shape index (κ1) is 12.5. The van der Waals surface area contributed by atoms with Gasteiger partial charge in [0.1, 0.15) is 0 Å². The van der Waals surface area contributed by atoms with E-state index >= 15 is 0 Å². The Balaban J connectivity index is 1.83. The molecule has 0 bridgehead atoms. The van der Waals surface area contributed by atoms with Crippen molar-refractivity contribution in [2.24, 2.45) is 0 Å². The minimum Gasteiger partial charge on any atom is -0.389 e. The molecule has 0 aromatic heterocycles. The number of carbonyl (C=O) groups is 1. The molecule has 1 unspecified atom stereocenters. The predicted octanol–water partition coefficient (Wildman–Crippen LogP) is 1.55. The van der Waals surface area contributed by atoms with E-state index in [0.717, 1.165) is 37.3 Å². The fraction of sp³-hybridized carbons (Fsp3) is 0.533. The van der Waals surface area contributed by atoms with Gasteiger partial charge in [-0.15, -0.1) is 0 Å². The molecule has 19 heavy (non-hydrogen) atoms. The SMILES string of the molecule is C[C@@H](O)c1ccccc1N1CCN2C(=O)CCC2C1. The van der Waals surface area contributed by atoms with Crippen LogP contribution in [0.3, 0.4) is 0 Å². The van der Waals surface area contributed by atoms with E-state index in [0.29, 0.717) is 18.4 Å². The molecule has 1 N–H and O–H groups in total. The second-order valence-electron chi connectivity index (χ2n) is 5.46. The van der Waals surface area contributed by atoms with E-state index in [1.54, 1.807) is 6.92 Å². The van der Waals surface area contributed by atoms with Crippen molar-refractivity contribution >= 4 is 11.6 Å². The van der Waals surface area contributed by atoms with Crippen LogP contribution in [0.15, 0.2) is 24.3 Å². The van der Waals surface area contributed by atoms with Crippen molar-refractivity contribution in [2.45, 2.75) is 31.9 Å².